The molecule has 1 aromatic carbocycles. The van der Waals surface area contributed by atoms with Crippen LogP contribution in [0.25, 0.3) is 0 Å². The molecule has 1 saturated heterocycles. The van der Waals surface area contributed by atoms with E-state index in [-0.39, 0.29) is 85.2 Å². The van der Waals surface area contributed by atoms with Crippen molar-refractivity contribution in [3.8, 4) is 5.75 Å². The van der Waals surface area contributed by atoms with Crippen LogP contribution in [0.15, 0.2) is 24.3 Å². The topological polar surface area (TPSA) is 181 Å². The minimum absolute atomic E-state index is 0.106. The van der Waals surface area contributed by atoms with Crippen LogP contribution in [0.3, 0.4) is 0 Å². The van der Waals surface area contributed by atoms with Crippen LogP contribution in [-0.2, 0) is 30.3 Å². The molecule has 0 saturated carbocycles. The van der Waals surface area contributed by atoms with Crippen molar-refractivity contribution in [2.75, 3.05) is 91.8 Å². The average molecular weight is 583 g/mol. The Morgan fingerprint density at radius 3 is 1.71 bits per heavy atom. The summed E-state index contributed by atoms with van der Waals surface area (Å²) in [6, 6.07) is 6.54. The number of hydrogen-bond acceptors (Lipinski definition) is 10. The summed E-state index contributed by atoms with van der Waals surface area (Å²) in [6.07, 6.45) is 0.554. The Bertz CT molecular complexity index is 963. The van der Waals surface area contributed by atoms with Gasteiger partial charge in [-0.1, -0.05) is 12.1 Å². The van der Waals surface area contributed by atoms with Gasteiger partial charge in [-0.3, -0.25) is 38.8 Å². The van der Waals surface area contributed by atoms with E-state index in [1.165, 1.54) is 0 Å². The van der Waals surface area contributed by atoms with Crippen LogP contribution in [-0.4, -0.2) is 162 Å². The molecule has 2 rings (SSSR count). The molecule has 0 aromatic heterocycles. The van der Waals surface area contributed by atoms with Gasteiger partial charge < -0.3 is 29.9 Å². The molecule has 1 aliphatic heterocycles. The first-order valence-corrected chi connectivity index (χ1v) is 13.7. The fourth-order valence-corrected chi connectivity index (χ4v) is 4.59. The smallest absolute Gasteiger partial charge is 0.323 e. The van der Waals surface area contributed by atoms with Gasteiger partial charge in [0, 0.05) is 52.4 Å². The Kier molecular flexibility index (Phi) is 15.0. The third kappa shape index (κ3) is 13.7. The lowest BCUT2D eigenvalue weighted by atomic mass is 10.1. The highest BCUT2D eigenvalue weighted by Gasteiger charge is 2.28. The molecule has 1 unspecified atom stereocenters. The minimum Gasteiger partial charge on any atom is -0.494 e. The van der Waals surface area contributed by atoms with Crippen molar-refractivity contribution < 1.29 is 49.1 Å². The Morgan fingerprint density at radius 2 is 1.27 bits per heavy atom. The van der Waals surface area contributed by atoms with Crippen LogP contribution in [0.1, 0.15) is 12.5 Å². The van der Waals surface area contributed by atoms with Crippen LogP contribution in [0.5, 0.6) is 5.75 Å². The molecule has 0 aliphatic carbocycles. The summed E-state index contributed by atoms with van der Waals surface area (Å²) in [4.78, 5) is 53.2. The van der Waals surface area contributed by atoms with E-state index >= 15 is 0 Å². The van der Waals surface area contributed by atoms with Crippen molar-refractivity contribution in [2.45, 2.75) is 19.4 Å². The highest BCUT2D eigenvalue weighted by atomic mass is 16.5. The standard InChI is InChI=1S/C27H42N4O10/c1-2-41-22-5-3-4-21(16-22)6-15-40-20-23(27(38)39)31-13-11-29(18-25(34)35)9-7-28(17-24(32)33)8-10-30(12-14-31)19-26(36)37/h3-5,16,23H,2,6-15,17-20H2,1H3,(H,32,33)(H,34,35)(H,36,37)(H,38,39). The maximum absolute atomic E-state index is 12.3. The second-order valence-electron chi connectivity index (χ2n) is 9.80. The maximum Gasteiger partial charge on any atom is 0.323 e. The Hall–Kier alpha value is -3.30. The Balaban J connectivity index is 2.13. The lowest BCUT2D eigenvalue weighted by Gasteiger charge is -2.35. The van der Waals surface area contributed by atoms with Crippen LogP contribution < -0.4 is 4.74 Å². The van der Waals surface area contributed by atoms with Crippen molar-refractivity contribution in [3.05, 3.63) is 29.8 Å². The fourth-order valence-electron chi connectivity index (χ4n) is 4.59. The molecule has 230 valence electrons. The summed E-state index contributed by atoms with van der Waals surface area (Å²) in [6.45, 7) is 3.66. The molecule has 1 aliphatic rings. The number of hydrogen-bond donors (Lipinski definition) is 4. The number of aliphatic carboxylic acids is 4. The first-order chi connectivity index (χ1) is 19.6. The molecule has 14 heteroatoms. The van der Waals surface area contributed by atoms with Gasteiger partial charge in [0.25, 0.3) is 0 Å². The summed E-state index contributed by atoms with van der Waals surface area (Å²) < 4.78 is 11.3. The van der Waals surface area contributed by atoms with E-state index in [1.54, 1.807) is 19.6 Å². The quantitative estimate of drug-likeness (QED) is 0.196. The van der Waals surface area contributed by atoms with Gasteiger partial charge in [-0.15, -0.1) is 0 Å². The van der Waals surface area contributed by atoms with Gasteiger partial charge in [0.1, 0.15) is 11.8 Å². The molecule has 41 heavy (non-hydrogen) atoms. The average Bonchev–Trinajstić information content (AvgIpc) is 2.88. The predicted molar refractivity (Wildman–Crippen MR) is 147 cm³/mol. The molecule has 14 nitrogen and oxygen atoms in total. The normalized spacial score (nSPS) is 17.7. The summed E-state index contributed by atoms with van der Waals surface area (Å²) >= 11 is 0. The number of carboxylic acids is 4. The van der Waals surface area contributed by atoms with Crippen molar-refractivity contribution in [2.24, 2.45) is 0 Å². The highest BCUT2D eigenvalue weighted by Crippen LogP contribution is 2.14. The molecular weight excluding hydrogens is 540 g/mol. The largest absolute Gasteiger partial charge is 0.494 e. The van der Waals surface area contributed by atoms with Crippen LogP contribution in [0.4, 0.5) is 0 Å². The molecule has 0 radical (unpaired) electrons. The van der Waals surface area contributed by atoms with Crippen LogP contribution in [0.2, 0.25) is 0 Å². The van der Waals surface area contributed by atoms with E-state index < -0.39 is 29.9 Å². The summed E-state index contributed by atoms with van der Waals surface area (Å²) in [5.41, 5.74) is 0.986. The van der Waals surface area contributed by atoms with E-state index in [2.05, 4.69) is 0 Å². The fraction of sp³-hybridized carbons (Fsp3) is 0.630. The second kappa shape index (κ2) is 18.2. The van der Waals surface area contributed by atoms with E-state index in [9.17, 15) is 39.6 Å². The van der Waals surface area contributed by atoms with Gasteiger partial charge in [-0.25, -0.2) is 0 Å². The summed E-state index contributed by atoms with van der Waals surface area (Å²) in [7, 11) is 0. The molecule has 1 atom stereocenters. The SMILES string of the molecule is CCOc1cccc(CCOCC(C(=O)O)N2CCN(CC(=O)O)CCN(CC(=O)O)CCN(CC(=O)O)CC2)c1. The number of nitrogens with zero attached hydrogens (tertiary/aromatic N) is 4. The second-order valence-corrected chi connectivity index (χ2v) is 9.80. The lowest BCUT2D eigenvalue weighted by molar-refractivity contribution is -0.147. The molecule has 4 N–H and O–H groups in total. The first kappa shape index (κ1) is 33.9. The van der Waals surface area contributed by atoms with Crippen molar-refractivity contribution in [1.29, 1.82) is 0 Å². The van der Waals surface area contributed by atoms with Crippen molar-refractivity contribution in [1.82, 2.24) is 19.6 Å². The van der Waals surface area contributed by atoms with E-state index in [0.29, 0.717) is 13.0 Å². The van der Waals surface area contributed by atoms with Crippen LogP contribution in [0, 0.1) is 0 Å². The van der Waals surface area contributed by atoms with E-state index in [4.69, 9.17) is 9.47 Å². The number of rotatable bonds is 15. The highest BCUT2D eigenvalue weighted by molar-refractivity contribution is 5.73. The number of carboxylic acid groups (broad SMARTS) is 4. The molecular formula is C27H42N4O10. The predicted octanol–water partition coefficient (Wildman–Crippen LogP) is -0.427. The maximum atomic E-state index is 12.3. The zero-order valence-electron chi connectivity index (χ0n) is 23.5. The summed E-state index contributed by atoms with van der Waals surface area (Å²) in [5, 5.41) is 38.1. The third-order valence-corrected chi connectivity index (χ3v) is 6.69. The molecule has 0 amide bonds. The Labute approximate surface area is 239 Å². The van der Waals surface area contributed by atoms with E-state index in [0.717, 1.165) is 11.3 Å². The van der Waals surface area contributed by atoms with E-state index in [1.807, 2.05) is 31.2 Å². The van der Waals surface area contributed by atoms with Crippen molar-refractivity contribution in [3.63, 3.8) is 0 Å². The summed E-state index contributed by atoms with van der Waals surface area (Å²) in [5.74, 6) is -3.49. The van der Waals surface area contributed by atoms with Gasteiger partial charge in [-0.05, 0) is 31.0 Å². The van der Waals surface area contributed by atoms with Gasteiger partial charge in [0.05, 0.1) is 39.5 Å². The molecule has 1 aromatic rings. The molecule has 0 spiro atoms. The van der Waals surface area contributed by atoms with Gasteiger partial charge in [0.15, 0.2) is 0 Å². The number of carbonyl (C=O) groups is 4. The van der Waals surface area contributed by atoms with Gasteiger partial charge >= 0.3 is 23.9 Å². The molecule has 1 fully saturated rings. The molecule has 1 heterocycles. The monoisotopic (exact) mass is 582 g/mol. The van der Waals surface area contributed by atoms with Gasteiger partial charge in [0.2, 0.25) is 0 Å². The lowest BCUT2D eigenvalue weighted by Crippen LogP contribution is -2.53. The third-order valence-electron chi connectivity index (χ3n) is 6.69. The first-order valence-electron chi connectivity index (χ1n) is 13.7. The molecule has 0 bridgehead atoms. The number of ether oxygens (including phenoxy) is 2. The van der Waals surface area contributed by atoms with Crippen LogP contribution >= 0.6 is 0 Å². The zero-order chi connectivity index (χ0) is 30.2. The number of benzene rings is 1. The zero-order valence-corrected chi connectivity index (χ0v) is 23.5. The van der Waals surface area contributed by atoms with Crippen molar-refractivity contribution >= 4 is 23.9 Å². The van der Waals surface area contributed by atoms with Gasteiger partial charge in [-0.2, -0.15) is 0 Å². The minimum atomic E-state index is -1.10. The Morgan fingerprint density at radius 1 is 0.780 bits per heavy atom.